The van der Waals surface area contributed by atoms with Crippen LogP contribution >= 0.6 is 0 Å². The van der Waals surface area contributed by atoms with Crippen molar-refractivity contribution < 1.29 is 34.7 Å². The zero-order valence-electron chi connectivity index (χ0n) is 11.2. The van der Waals surface area contributed by atoms with Gasteiger partial charge in [0.05, 0.1) is 0 Å². The fourth-order valence-corrected chi connectivity index (χ4v) is 5.27. The molecule has 5 rings (SSSR count). The Balaban J connectivity index is 0.000001000. The molecule has 1 nitrogen and oxygen atoms in total. The van der Waals surface area contributed by atoms with Crippen LogP contribution < -0.4 is 34.7 Å². The topological polar surface area (TPSA) is 23.1 Å². The Morgan fingerprint density at radius 2 is 1.28 bits per heavy atom. The van der Waals surface area contributed by atoms with E-state index in [4.69, 9.17) is 0 Å². The third-order valence-corrected chi connectivity index (χ3v) is 5.50. The van der Waals surface area contributed by atoms with E-state index in [-0.39, 0.29) is 35.3 Å². The van der Waals surface area contributed by atoms with Crippen LogP contribution in [0, 0.1) is 17.8 Å². The van der Waals surface area contributed by atoms with Crippen LogP contribution in [-0.4, -0.2) is 0 Å². The monoisotopic (exact) mass is 250 g/mol. The standard InChI is InChI=1S/C16H20O.Na/c17-15-3-1-14(2-4-15)16-8-11-5-12(9-16)7-13(6-11)10-16;/h1-4,11-13,17H,5-10H2;/q;+1/p-1. The predicted octanol–water partition coefficient (Wildman–Crippen LogP) is 0.232. The van der Waals surface area contributed by atoms with Gasteiger partial charge in [0.15, 0.2) is 0 Å². The van der Waals surface area contributed by atoms with E-state index in [1.807, 2.05) is 0 Å². The SMILES string of the molecule is [Na+].[O-]c1ccc(C23CC4CC(CC(C4)C2)C3)cc1. The first-order valence-electron chi connectivity index (χ1n) is 7.01. The van der Waals surface area contributed by atoms with Crippen LogP contribution in [0.15, 0.2) is 24.3 Å². The Morgan fingerprint density at radius 3 is 1.72 bits per heavy atom. The minimum atomic E-state index is 0. The molecule has 4 bridgehead atoms. The fourth-order valence-electron chi connectivity index (χ4n) is 5.27. The maximum absolute atomic E-state index is 11.2. The average Bonchev–Trinajstić information content (AvgIpc) is 2.27. The van der Waals surface area contributed by atoms with Crippen molar-refractivity contribution in [1.82, 2.24) is 0 Å². The zero-order valence-corrected chi connectivity index (χ0v) is 13.2. The van der Waals surface area contributed by atoms with Gasteiger partial charge in [0.1, 0.15) is 0 Å². The number of hydrogen-bond donors (Lipinski definition) is 0. The summed E-state index contributed by atoms with van der Waals surface area (Å²) in [6.07, 6.45) is 8.61. The summed E-state index contributed by atoms with van der Waals surface area (Å²) in [6.45, 7) is 0. The normalized spacial score (nSPS) is 40.6. The fraction of sp³-hybridized carbons (Fsp3) is 0.625. The Labute approximate surface area is 131 Å². The average molecular weight is 250 g/mol. The van der Waals surface area contributed by atoms with E-state index < -0.39 is 0 Å². The summed E-state index contributed by atoms with van der Waals surface area (Å²) >= 11 is 0. The van der Waals surface area contributed by atoms with Crippen molar-refractivity contribution in [3.63, 3.8) is 0 Å². The minimum Gasteiger partial charge on any atom is -0.872 e. The molecule has 4 saturated carbocycles. The number of hydrogen-bond acceptors (Lipinski definition) is 1. The summed E-state index contributed by atoms with van der Waals surface area (Å²) in [5.41, 5.74) is 1.90. The summed E-state index contributed by atoms with van der Waals surface area (Å²) < 4.78 is 0. The van der Waals surface area contributed by atoms with Crippen LogP contribution in [-0.2, 0) is 5.41 Å². The van der Waals surface area contributed by atoms with E-state index in [0.29, 0.717) is 5.41 Å². The number of rotatable bonds is 1. The minimum absolute atomic E-state index is 0. The second kappa shape index (κ2) is 4.54. The molecule has 0 aromatic heterocycles. The van der Waals surface area contributed by atoms with Gasteiger partial charge in [-0.2, -0.15) is 0 Å². The number of benzene rings is 1. The Hall–Kier alpha value is 0.0200. The van der Waals surface area contributed by atoms with E-state index in [1.54, 1.807) is 12.1 Å². The van der Waals surface area contributed by atoms with Crippen molar-refractivity contribution in [2.45, 2.75) is 43.9 Å². The third kappa shape index (κ3) is 1.95. The van der Waals surface area contributed by atoms with Crippen molar-refractivity contribution in [3.05, 3.63) is 29.8 Å². The Bertz CT molecular complexity index is 402. The first kappa shape index (κ1) is 13.0. The van der Waals surface area contributed by atoms with Gasteiger partial charge in [0, 0.05) is 0 Å². The molecule has 1 aromatic carbocycles. The first-order chi connectivity index (χ1) is 8.23. The summed E-state index contributed by atoms with van der Waals surface area (Å²) in [7, 11) is 0. The molecular formula is C16H19NaO. The molecule has 2 heteroatoms. The van der Waals surface area contributed by atoms with Gasteiger partial charge in [-0.1, -0.05) is 24.3 Å². The van der Waals surface area contributed by atoms with Crippen molar-refractivity contribution in [1.29, 1.82) is 0 Å². The van der Waals surface area contributed by atoms with Crippen LogP contribution in [0.4, 0.5) is 0 Å². The Morgan fingerprint density at radius 1 is 0.833 bits per heavy atom. The van der Waals surface area contributed by atoms with Crippen LogP contribution in [0.3, 0.4) is 0 Å². The molecule has 0 saturated heterocycles. The maximum Gasteiger partial charge on any atom is 1.00 e. The van der Waals surface area contributed by atoms with Gasteiger partial charge in [-0.15, -0.1) is 5.75 Å². The maximum atomic E-state index is 11.2. The van der Waals surface area contributed by atoms with Crippen molar-refractivity contribution >= 4 is 0 Å². The van der Waals surface area contributed by atoms with Gasteiger partial charge >= 0.3 is 29.6 Å². The summed E-state index contributed by atoms with van der Waals surface area (Å²) in [6, 6.07) is 7.73. The van der Waals surface area contributed by atoms with Gasteiger partial charge in [-0.25, -0.2) is 0 Å². The van der Waals surface area contributed by atoms with E-state index in [9.17, 15) is 5.11 Å². The molecular weight excluding hydrogens is 231 g/mol. The van der Waals surface area contributed by atoms with Gasteiger partial charge in [-0.3, -0.25) is 0 Å². The molecule has 0 spiro atoms. The molecule has 90 valence electrons. The molecule has 1 aromatic rings. The largest absolute Gasteiger partial charge is 1.00 e. The molecule has 18 heavy (non-hydrogen) atoms. The predicted molar refractivity (Wildman–Crippen MR) is 65.7 cm³/mol. The molecule has 0 amide bonds. The van der Waals surface area contributed by atoms with Crippen LogP contribution in [0.2, 0.25) is 0 Å². The second-order valence-electron chi connectivity index (χ2n) is 6.72. The van der Waals surface area contributed by atoms with E-state index in [1.165, 1.54) is 44.1 Å². The van der Waals surface area contributed by atoms with Gasteiger partial charge in [0.25, 0.3) is 0 Å². The first-order valence-corrected chi connectivity index (χ1v) is 7.01. The van der Waals surface area contributed by atoms with Crippen molar-refractivity contribution in [2.24, 2.45) is 17.8 Å². The van der Waals surface area contributed by atoms with Gasteiger partial charge in [-0.05, 0) is 67.3 Å². The molecule has 0 heterocycles. The van der Waals surface area contributed by atoms with Crippen LogP contribution in [0.5, 0.6) is 5.75 Å². The second-order valence-corrected chi connectivity index (χ2v) is 6.72. The molecule has 0 N–H and O–H groups in total. The summed E-state index contributed by atoms with van der Waals surface area (Å²) in [4.78, 5) is 0. The van der Waals surface area contributed by atoms with Crippen molar-refractivity contribution in [3.8, 4) is 5.75 Å². The quantitative estimate of drug-likeness (QED) is 0.655. The summed E-state index contributed by atoms with van der Waals surface area (Å²) in [5.74, 6) is 3.09. The van der Waals surface area contributed by atoms with E-state index in [2.05, 4.69) is 12.1 Å². The smallest absolute Gasteiger partial charge is 0.872 e. The van der Waals surface area contributed by atoms with Crippen LogP contribution in [0.1, 0.15) is 44.1 Å². The molecule has 0 aliphatic heterocycles. The molecule has 4 fully saturated rings. The molecule has 0 atom stereocenters. The van der Waals surface area contributed by atoms with E-state index >= 15 is 0 Å². The molecule has 0 unspecified atom stereocenters. The van der Waals surface area contributed by atoms with Gasteiger partial charge in [0.2, 0.25) is 0 Å². The molecule has 4 aliphatic carbocycles. The van der Waals surface area contributed by atoms with Gasteiger partial charge < -0.3 is 5.11 Å². The Kier molecular flexibility index (Phi) is 3.28. The van der Waals surface area contributed by atoms with E-state index in [0.717, 1.165) is 17.8 Å². The van der Waals surface area contributed by atoms with Crippen molar-refractivity contribution in [2.75, 3.05) is 0 Å². The van der Waals surface area contributed by atoms with Crippen LogP contribution in [0.25, 0.3) is 0 Å². The zero-order chi connectivity index (χ0) is 11.5. The molecule has 4 aliphatic rings. The molecule has 0 radical (unpaired) electrons. The third-order valence-electron chi connectivity index (χ3n) is 5.50. The summed E-state index contributed by atoms with van der Waals surface area (Å²) in [5, 5.41) is 11.2.